The highest BCUT2D eigenvalue weighted by atomic mass is 16.5. The van der Waals surface area contributed by atoms with Gasteiger partial charge in [-0.1, -0.05) is 23.4 Å². The second kappa shape index (κ2) is 7.66. The number of benzene rings is 1. The van der Waals surface area contributed by atoms with Crippen LogP contribution in [0.2, 0.25) is 0 Å². The molecular weight excluding hydrogens is 326 g/mol. The molecule has 6 nitrogen and oxygen atoms in total. The summed E-state index contributed by atoms with van der Waals surface area (Å²) in [5.41, 5.74) is 2.07. The van der Waals surface area contributed by atoms with Crippen molar-refractivity contribution in [2.45, 2.75) is 31.8 Å². The van der Waals surface area contributed by atoms with Gasteiger partial charge in [-0.15, -0.1) is 0 Å². The first kappa shape index (κ1) is 16.7. The van der Waals surface area contributed by atoms with E-state index in [1.165, 1.54) is 5.69 Å². The summed E-state index contributed by atoms with van der Waals surface area (Å²) in [7, 11) is 0. The topological polar surface area (TPSA) is 67.1 Å². The lowest BCUT2D eigenvalue weighted by Gasteiger charge is -2.35. The van der Waals surface area contributed by atoms with Crippen LogP contribution in [0.15, 0.2) is 59.4 Å². The van der Waals surface area contributed by atoms with Crippen LogP contribution in [-0.4, -0.2) is 39.2 Å². The SMILES string of the molecule is CC(c1nc(-c2cccnc2)no1)N1CCC(Nc2ccccc2)CC1. The van der Waals surface area contributed by atoms with E-state index in [9.17, 15) is 0 Å². The van der Waals surface area contributed by atoms with Gasteiger partial charge in [0.1, 0.15) is 0 Å². The van der Waals surface area contributed by atoms with Crippen LogP contribution < -0.4 is 5.32 Å². The van der Waals surface area contributed by atoms with E-state index in [0.29, 0.717) is 17.8 Å². The third-order valence-electron chi connectivity index (χ3n) is 4.94. The first-order valence-electron chi connectivity index (χ1n) is 9.09. The quantitative estimate of drug-likeness (QED) is 0.756. The number of hydrogen-bond acceptors (Lipinski definition) is 6. The van der Waals surface area contributed by atoms with Crippen molar-refractivity contribution in [2.24, 2.45) is 0 Å². The highest BCUT2D eigenvalue weighted by Gasteiger charge is 2.27. The van der Waals surface area contributed by atoms with Crippen LogP contribution in [0.1, 0.15) is 31.7 Å². The molecule has 1 fully saturated rings. The molecule has 0 aliphatic carbocycles. The number of anilines is 1. The van der Waals surface area contributed by atoms with Crippen LogP contribution in [0.4, 0.5) is 5.69 Å². The summed E-state index contributed by atoms with van der Waals surface area (Å²) in [6.07, 6.45) is 5.69. The number of pyridine rings is 1. The molecule has 0 saturated carbocycles. The molecule has 1 unspecified atom stereocenters. The predicted molar refractivity (Wildman–Crippen MR) is 101 cm³/mol. The molecule has 3 heterocycles. The lowest BCUT2D eigenvalue weighted by molar-refractivity contribution is 0.140. The van der Waals surface area contributed by atoms with E-state index >= 15 is 0 Å². The van der Waals surface area contributed by atoms with Gasteiger partial charge in [-0.05, 0) is 44.0 Å². The number of rotatable bonds is 5. The highest BCUT2D eigenvalue weighted by molar-refractivity contribution is 5.51. The van der Waals surface area contributed by atoms with Gasteiger partial charge in [-0.3, -0.25) is 9.88 Å². The molecule has 1 aromatic carbocycles. The van der Waals surface area contributed by atoms with Gasteiger partial charge in [0.25, 0.3) is 0 Å². The number of aromatic nitrogens is 3. The average Bonchev–Trinajstić information content (AvgIpc) is 3.20. The van der Waals surface area contributed by atoms with E-state index in [2.05, 4.69) is 56.5 Å². The molecule has 4 rings (SSSR count). The van der Waals surface area contributed by atoms with Crippen LogP contribution in [0.5, 0.6) is 0 Å². The number of likely N-dealkylation sites (tertiary alicyclic amines) is 1. The molecule has 0 spiro atoms. The molecule has 0 bridgehead atoms. The minimum absolute atomic E-state index is 0.116. The van der Waals surface area contributed by atoms with Crippen LogP contribution >= 0.6 is 0 Å². The van der Waals surface area contributed by atoms with Crippen molar-refractivity contribution in [3.05, 3.63) is 60.7 Å². The largest absolute Gasteiger partial charge is 0.382 e. The Kier molecular flexibility index (Phi) is 4.93. The number of nitrogens with zero attached hydrogens (tertiary/aromatic N) is 4. The van der Waals surface area contributed by atoms with E-state index in [1.54, 1.807) is 12.4 Å². The number of nitrogens with one attached hydrogen (secondary N) is 1. The summed E-state index contributed by atoms with van der Waals surface area (Å²) in [5, 5.41) is 7.73. The molecule has 1 aliphatic heterocycles. The van der Waals surface area contributed by atoms with Crippen molar-refractivity contribution < 1.29 is 4.52 Å². The maximum Gasteiger partial charge on any atom is 0.244 e. The molecule has 0 amide bonds. The van der Waals surface area contributed by atoms with Crippen molar-refractivity contribution in [3.63, 3.8) is 0 Å². The van der Waals surface area contributed by atoms with E-state index < -0.39 is 0 Å². The fraction of sp³-hybridized carbons (Fsp3) is 0.350. The first-order valence-corrected chi connectivity index (χ1v) is 9.09. The number of piperidine rings is 1. The molecule has 0 radical (unpaired) electrons. The summed E-state index contributed by atoms with van der Waals surface area (Å²) in [5.74, 6) is 1.26. The zero-order valence-electron chi connectivity index (χ0n) is 14.9. The Morgan fingerprint density at radius 3 is 2.65 bits per heavy atom. The predicted octanol–water partition coefficient (Wildman–Crippen LogP) is 3.77. The fourth-order valence-electron chi connectivity index (χ4n) is 3.37. The Morgan fingerprint density at radius 2 is 1.92 bits per heavy atom. The average molecular weight is 349 g/mol. The second-order valence-corrected chi connectivity index (χ2v) is 6.69. The number of hydrogen-bond donors (Lipinski definition) is 1. The van der Waals surface area contributed by atoms with Crippen LogP contribution in [0.3, 0.4) is 0 Å². The molecule has 1 N–H and O–H groups in total. The molecule has 1 aliphatic rings. The zero-order chi connectivity index (χ0) is 17.8. The molecule has 2 aromatic heterocycles. The van der Waals surface area contributed by atoms with Gasteiger partial charge in [-0.25, -0.2) is 0 Å². The van der Waals surface area contributed by atoms with Crippen molar-refractivity contribution in [3.8, 4) is 11.4 Å². The second-order valence-electron chi connectivity index (χ2n) is 6.69. The van der Waals surface area contributed by atoms with Gasteiger partial charge in [0, 0.05) is 42.8 Å². The Hall–Kier alpha value is -2.73. The summed E-state index contributed by atoms with van der Waals surface area (Å²) in [6.45, 7) is 4.15. The summed E-state index contributed by atoms with van der Waals surface area (Å²) < 4.78 is 5.51. The fourth-order valence-corrected chi connectivity index (χ4v) is 3.37. The van der Waals surface area contributed by atoms with Crippen molar-refractivity contribution in [2.75, 3.05) is 18.4 Å². The van der Waals surface area contributed by atoms with E-state index in [0.717, 1.165) is 31.5 Å². The standard InChI is InChI=1S/C20H23N5O/c1-15(20-23-19(24-26-20)16-6-5-11-21-14-16)25-12-9-18(10-13-25)22-17-7-3-2-4-8-17/h2-8,11,14-15,18,22H,9-10,12-13H2,1H3. The van der Waals surface area contributed by atoms with E-state index in [4.69, 9.17) is 4.52 Å². The molecule has 1 atom stereocenters. The lowest BCUT2D eigenvalue weighted by atomic mass is 10.0. The highest BCUT2D eigenvalue weighted by Crippen LogP contribution is 2.26. The van der Waals surface area contributed by atoms with Gasteiger partial charge in [0.15, 0.2) is 0 Å². The van der Waals surface area contributed by atoms with Gasteiger partial charge >= 0.3 is 0 Å². The monoisotopic (exact) mass is 349 g/mol. The third kappa shape index (κ3) is 3.75. The minimum Gasteiger partial charge on any atom is -0.382 e. The van der Waals surface area contributed by atoms with Crippen LogP contribution in [0.25, 0.3) is 11.4 Å². The maximum atomic E-state index is 5.51. The van der Waals surface area contributed by atoms with Gasteiger partial charge in [-0.2, -0.15) is 4.98 Å². The van der Waals surface area contributed by atoms with Gasteiger partial charge in [0.2, 0.25) is 11.7 Å². The normalized spacial score (nSPS) is 17.1. The first-order chi connectivity index (χ1) is 12.8. The van der Waals surface area contributed by atoms with Crippen molar-refractivity contribution in [1.29, 1.82) is 0 Å². The van der Waals surface area contributed by atoms with Crippen molar-refractivity contribution >= 4 is 5.69 Å². The zero-order valence-corrected chi connectivity index (χ0v) is 14.9. The minimum atomic E-state index is 0.116. The molecule has 3 aromatic rings. The molecule has 26 heavy (non-hydrogen) atoms. The summed E-state index contributed by atoms with van der Waals surface area (Å²) >= 11 is 0. The van der Waals surface area contributed by atoms with Crippen molar-refractivity contribution in [1.82, 2.24) is 20.0 Å². The number of para-hydroxylation sites is 1. The Bertz CT molecular complexity index is 812. The maximum absolute atomic E-state index is 5.51. The Balaban J connectivity index is 1.35. The van der Waals surface area contributed by atoms with Crippen LogP contribution in [0, 0.1) is 0 Å². The van der Waals surface area contributed by atoms with E-state index in [1.807, 2.05) is 18.2 Å². The third-order valence-corrected chi connectivity index (χ3v) is 4.94. The van der Waals surface area contributed by atoms with Gasteiger partial charge < -0.3 is 9.84 Å². The smallest absolute Gasteiger partial charge is 0.244 e. The Morgan fingerprint density at radius 1 is 1.12 bits per heavy atom. The molecule has 134 valence electrons. The summed E-state index contributed by atoms with van der Waals surface area (Å²) in [4.78, 5) is 11.1. The molecular formula is C20H23N5O. The molecule has 1 saturated heterocycles. The molecule has 6 heteroatoms. The van der Waals surface area contributed by atoms with Crippen LogP contribution in [-0.2, 0) is 0 Å². The lowest BCUT2D eigenvalue weighted by Crippen LogP contribution is -2.40. The Labute approximate surface area is 153 Å². The summed E-state index contributed by atoms with van der Waals surface area (Å²) in [6, 6.07) is 14.8. The van der Waals surface area contributed by atoms with E-state index in [-0.39, 0.29) is 6.04 Å². The van der Waals surface area contributed by atoms with Gasteiger partial charge in [0.05, 0.1) is 6.04 Å².